The predicted molar refractivity (Wildman–Crippen MR) is 98.5 cm³/mol. The number of nitrogens with zero attached hydrogens (tertiary/aromatic N) is 4. The molecule has 160 valence electrons. The van der Waals surface area contributed by atoms with Crippen molar-refractivity contribution in [3.63, 3.8) is 0 Å². The number of halogens is 3. The van der Waals surface area contributed by atoms with E-state index < -0.39 is 23.2 Å². The van der Waals surface area contributed by atoms with E-state index in [4.69, 9.17) is 9.47 Å². The number of esters is 1. The van der Waals surface area contributed by atoms with E-state index in [2.05, 4.69) is 14.8 Å². The summed E-state index contributed by atoms with van der Waals surface area (Å²) >= 11 is 0. The monoisotopic (exact) mass is 424 g/mol. The minimum atomic E-state index is -5.09. The molecule has 0 spiro atoms. The smallest absolute Gasteiger partial charge is 0.429 e. The molecule has 0 unspecified atom stereocenters. The summed E-state index contributed by atoms with van der Waals surface area (Å²) in [5.74, 6) is -1.78. The number of carbonyl (C=O) groups excluding carboxylic acids is 1. The minimum absolute atomic E-state index is 0.0404. The van der Waals surface area contributed by atoms with Gasteiger partial charge in [0.2, 0.25) is 5.88 Å². The molecule has 0 amide bonds. The average molecular weight is 424 g/mol. The molecule has 0 aliphatic carbocycles. The standard InChI is InChI=1S/C19H19F3N4O4/c1-12-14-15(26(24-12)13-6-4-3-5-7-13)30-17(25-8-10-29-11-9-25)23-18(14,16(27)28-2)19(20,21)22/h3-7H,8-11H2,1-2H3/t18-/m1/s1. The largest absolute Gasteiger partial charge is 0.467 e. The normalized spacial score (nSPS) is 21.5. The molecule has 0 bridgehead atoms. The van der Waals surface area contributed by atoms with Crippen LogP contribution in [0.15, 0.2) is 35.3 Å². The summed E-state index contributed by atoms with van der Waals surface area (Å²) in [6, 6.07) is 8.21. The van der Waals surface area contributed by atoms with Gasteiger partial charge in [-0.2, -0.15) is 18.3 Å². The average Bonchev–Trinajstić information content (AvgIpc) is 3.09. The number of rotatable bonds is 2. The summed E-state index contributed by atoms with van der Waals surface area (Å²) in [7, 11) is 0.895. The Labute approximate surface area is 169 Å². The molecule has 2 aliphatic rings. The van der Waals surface area contributed by atoms with Gasteiger partial charge in [0.25, 0.3) is 11.6 Å². The Morgan fingerprint density at radius 1 is 1.20 bits per heavy atom. The molecule has 1 aromatic carbocycles. The molecular weight excluding hydrogens is 405 g/mol. The van der Waals surface area contributed by atoms with E-state index in [9.17, 15) is 18.0 Å². The molecular formula is C19H19F3N4O4. The van der Waals surface area contributed by atoms with Crippen LogP contribution in [0.5, 0.6) is 5.88 Å². The van der Waals surface area contributed by atoms with Crippen LogP contribution >= 0.6 is 0 Å². The van der Waals surface area contributed by atoms with Crippen molar-refractivity contribution >= 4 is 12.0 Å². The summed E-state index contributed by atoms with van der Waals surface area (Å²) in [6.45, 7) is 2.50. The number of aliphatic imine (C=N–C) groups is 1. The summed E-state index contributed by atoms with van der Waals surface area (Å²) in [6.07, 6.45) is -5.09. The predicted octanol–water partition coefficient (Wildman–Crippen LogP) is 2.19. The number of aryl methyl sites for hydroxylation is 1. The SMILES string of the molecule is COC(=O)[C@]1(C(F)(F)F)N=C(N2CCOCC2)Oc2c1c(C)nn2-c1ccccc1. The number of para-hydroxylation sites is 1. The lowest BCUT2D eigenvalue weighted by atomic mass is 9.89. The maximum absolute atomic E-state index is 14.5. The molecule has 1 aromatic heterocycles. The molecule has 4 rings (SSSR count). The lowest BCUT2D eigenvalue weighted by Crippen LogP contribution is -2.54. The van der Waals surface area contributed by atoms with E-state index in [1.807, 2.05) is 0 Å². The molecule has 3 heterocycles. The van der Waals surface area contributed by atoms with Gasteiger partial charge in [0.05, 0.1) is 37.3 Å². The van der Waals surface area contributed by atoms with Gasteiger partial charge < -0.3 is 19.1 Å². The van der Waals surface area contributed by atoms with E-state index in [-0.39, 0.29) is 30.7 Å². The van der Waals surface area contributed by atoms with Crippen molar-refractivity contribution in [3.05, 3.63) is 41.6 Å². The number of amidine groups is 1. The zero-order valence-corrected chi connectivity index (χ0v) is 16.3. The Morgan fingerprint density at radius 2 is 1.87 bits per heavy atom. The van der Waals surface area contributed by atoms with E-state index >= 15 is 0 Å². The zero-order valence-electron chi connectivity index (χ0n) is 16.3. The van der Waals surface area contributed by atoms with Crippen LogP contribution in [0.4, 0.5) is 13.2 Å². The van der Waals surface area contributed by atoms with E-state index in [0.717, 1.165) is 7.11 Å². The number of hydrogen-bond donors (Lipinski definition) is 0. The molecule has 2 aliphatic heterocycles. The van der Waals surface area contributed by atoms with Crippen molar-refractivity contribution in [3.8, 4) is 11.6 Å². The van der Waals surface area contributed by atoms with Gasteiger partial charge in [-0.3, -0.25) is 0 Å². The Kier molecular flexibility index (Phi) is 4.92. The van der Waals surface area contributed by atoms with Crippen LogP contribution < -0.4 is 4.74 Å². The van der Waals surface area contributed by atoms with Gasteiger partial charge in [-0.15, -0.1) is 0 Å². The second-order valence-electron chi connectivity index (χ2n) is 6.81. The van der Waals surface area contributed by atoms with E-state index in [1.54, 1.807) is 30.3 Å². The maximum Gasteiger partial charge on any atom is 0.429 e. The van der Waals surface area contributed by atoms with E-state index in [1.165, 1.54) is 16.5 Å². The third-order valence-electron chi connectivity index (χ3n) is 5.00. The number of benzene rings is 1. The fourth-order valence-corrected chi connectivity index (χ4v) is 3.58. The molecule has 2 aromatic rings. The highest BCUT2D eigenvalue weighted by Crippen LogP contribution is 2.51. The number of aromatic nitrogens is 2. The van der Waals surface area contributed by atoms with Crippen molar-refractivity contribution in [1.82, 2.24) is 14.7 Å². The fourth-order valence-electron chi connectivity index (χ4n) is 3.58. The highest BCUT2D eigenvalue weighted by molar-refractivity contribution is 5.92. The molecule has 1 fully saturated rings. The van der Waals surface area contributed by atoms with Crippen LogP contribution in [0.3, 0.4) is 0 Å². The maximum atomic E-state index is 14.5. The fraction of sp³-hybridized carbons (Fsp3) is 0.421. The number of carbonyl (C=O) groups is 1. The summed E-state index contributed by atoms with van der Waals surface area (Å²) in [5, 5.41) is 4.23. The number of morpholine rings is 1. The van der Waals surface area contributed by atoms with Gasteiger partial charge in [0, 0.05) is 13.1 Å². The van der Waals surface area contributed by atoms with Crippen LogP contribution in [-0.2, 0) is 19.8 Å². The molecule has 30 heavy (non-hydrogen) atoms. The Bertz CT molecular complexity index is 984. The number of ether oxygens (including phenoxy) is 3. The van der Waals surface area contributed by atoms with Gasteiger partial charge in [-0.1, -0.05) is 18.2 Å². The Hall–Kier alpha value is -3.08. The van der Waals surface area contributed by atoms with Crippen LogP contribution in [0.1, 0.15) is 11.3 Å². The number of alkyl halides is 3. The van der Waals surface area contributed by atoms with Gasteiger partial charge in [0.15, 0.2) is 0 Å². The van der Waals surface area contributed by atoms with Gasteiger partial charge >= 0.3 is 12.1 Å². The molecule has 1 saturated heterocycles. The summed E-state index contributed by atoms with van der Waals surface area (Å²) in [4.78, 5) is 17.9. The lowest BCUT2D eigenvalue weighted by Gasteiger charge is -2.37. The highest BCUT2D eigenvalue weighted by atomic mass is 19.4. The first kappa shape index (κ1) is 20.2. The van der Waals surface area contributed by atoms with Crippen molar-refractivity contribution < 1.29 is 32.2 Å². The summed E-state index contributed by atoms with van der Waals surface area (Å²) < 4.78 is 60.4. The van der Waals surface area contributed by atoms with Crippen LogP contribution in [0.25, 0.3) is 5.69 Å². The van der Waals surface area contributed by atoms with Crippen molar-refractivity contribution in [1.29, 1.82) is 0 Å². The first-order valence-electron chi connectivity index (χ1n) is 9.20. The van der Waals surface area contributed by atoms with Crippen LogP contribution in [0, 0.1) is 6.92 Å². The molecule has 0 saturated carbocycles. The highest BCUT2D eigenvalue weighted by Gasteiger charge is 2.68. The third-order valence-corrected chi connectivity index (χ3v) is 5.00. The molecule has 0 radical (unpaired) electrons. The molecule has 1 atom stereocenters. The number of hydrogen-bond acceptors (Lipinski definition) is 7. The third kappa shape index (κ3) is 3.00. The first-order chi connectivity index (χ1) is 14.3. The van der Waals surface area contributed by atoms with Crippen molar-refractivity contribution in [2.45, 2.75) is 18.6 Å². The van der Waals surface area contributed by atoms with E-state index in [0.29, 0.717) is 18.9 Å². The topological polar surface area (TPSA) is 78.2 Å². The second kappa shape index (κ2) is 7.31. The Morgan fingerprint density at radius 3 is 2.47 bits per heavy atom. The van der Waals surface area contributed by atoms with Gasteiger partial charge in [0.1, 0.15) is 0 Å². The zero-order chi connectivity index (χ0) is 21.5. The minimum Gasteiger partial charge on any atom is -0.467 e. The van der Waals surface area contributed by atoms with Gasteiger partial charge in [-0.25, -0.2) is 14.5 Å². The van der Waals surface area contributed by atoms with Gasteiger partial charge in [-0.05, 0) is 19.1 Å². The first-order valence-corrected chi connectivity index (χ1v) is 9.20. The Balaban J connectivity index is 1.98. The molecule has 0 N–H and O–H groups in total. The van der Waals surface area contributed by atoms with Crippen molar-refractivity contribution in [2.24, 2.45) is 4.99 Å². The number of methoxy groups -OCH3 is 1. The number of fused-ring (bicyclic) bond motifs is 1. The quantitative estimate of drug-likeness (QED) is 0.688. The lowest BCUT2D eigenvalue weighted by molar-refractivity contribution is -0.207. The molecule has 8 nitrogen and oxygen atoms in total. The van der Waals surface area contributed by atoms with Crippen LogP contribution in [0.2, 0.25) is 0 Å². The second-order valence-corrected chi connectivity index (χ2v) is 6.81. The van der Waals surface area contributed by atoms with Crippen molar-refractivity contribution in [2.75, 3.05) is 33.4 Å². The van der Waals surface area contributed by atoms with Crippen LogP contribution in [-0.4, -0.2) is 66.3 Å². The molecule has 11 heteroatoms. The summed E-state index contributed by atoms with van der Waals surface area (Å²) in [5.41, 5.74) is -3.34.